The first-order valence-corrected chi connectivity index (χ1v) is 7.07. The van der Waals surface area contributed by atoms with E-state index >= 15 is 0 Å². The maximum atomic E-state index is 11.0. The van der Waals surface area contributed by atoms with Crippen LogP contribution < -0.4 is 5.32 Å². The van der Waals surface area contributed by atoms with Crippen LogP contribution in [0.15, 0.2) is 59.0 Å². The SMILES string of the molecule is O=C1CSC(=NN=Cc2cccc(-n3cccc3)c2)N1. The monoisotopic (exact) mass is 284 g/mol. The van der Waals surface area contributed by atoms with Crippen LogP contribution in [-0.4, -0.2) is 27.6 Å². The minimum absolute atomic E-state index is 0.0291. The summed E-state index contributed by atoms with van der Waals surface area (Å²) in [6, 6.07) is 11.9. The summed E-state index contributed by atoms with van der Waals surface area (Å²) in [6.07, 6.45) is 5.65. The molecule has 1 amide bonds. The zero-order valence-electron chi connectivity index (χ0n) is 10.6. The van der Waals surface area contributed by atoms with Gasteiger partial charge in [0.15, 0.2) is 5.17 Å². The van der Waals surface area contributed by atoms with E-state index in [2.05, 4.69) is 15.5 Å². The van der Waals surface area contributed by atoms with Crippen molar-refractivity contribution in [1.29, 1.82) is 0 Å². The van der Waals surface area contributed by atoms with Crippen molar-refractivity contribution in [3.05, 3.63) is 54.4 Å². The van der Waals surface area contributed by atoms with Crippen LogP contribution in [0.5, 0.6) is 0 Å². The maximum absolute atomic E-state index is 11.0. The Hall–Kier alpha value is -2.34. The van der Waals surface area contributed by atoms with Gasteiger partial charge in [-0.25, -0.2) is 0 Å². The maximum Gasteiger partial charge on any atom is 0.236 e. The Balaban J connectivity index is 1.75. The second-order valence-electron chi connectivity index (χ2n) is 4.17. The summed E-state index contributed by atoms with van der Waals surface area (Å²) in [5, 5.41) is 11.1. The fourth-order valence-electron chi connectivity index (χ4n) is 1.80. The highest BCUT2D eigenvalue weighted by atomic mass is 32.2. The number of benzene rings is 1. The van der Waals surface area contributed by atoms with E-state index in [0.717, 1.165) is 11.3 Å². The molecule has 1 aromatic carbocycles. The fraction of sp³-hybridized carbons (Fsp3) is 0.0714. The fourth-order valence-corrected chi connectivity index (χ4v) is 2.43. The van der Waals surface area contributed by atoms with Crippen LogP contribution in [0, 0.1) is 0 Å². The number of nitrogens with one attached hydrogen (secondary N) is 1. The van der Waals surface area contributed by atoms with E-state index in [9.17, 15) is 4.79 Å². The summed E-state index contributed by atoms with van der Waals surface area (Å²) in [7, 11) is 0. The molecular formula is C14H12N4OS. The highest BCUT2D eigenvalue weighted by Crippen LogP contribution is 2.11. The van der Waals surface area contributed by atoms with Gasteiger partial charge in [-0.1, -0.05) is 23.9 Å². The third kappa shape index (κ3) is 2.97. The number of rotatable bonds is 3. The molecule has 1 aromatic heterocycles. The molecule has 1 aliphatic heterocycles. The molecule has 0 saturated carbocycles. The van der Waals surface area contributed by atoms with Crippen molar-refractivity contribution in [3.63, 3.8) is 0 Å². The summed E-state index contributed by atoms with van der Waals surface area (Å²) in [5.74, 6) is 0.385. The van der Waals surface area contributed by atoms with Crippen molar-refractivity contribution in [2.75, 3.05) is 5.75 Å². The molecule has 5 nitrogen and oxygen atoms in total. The van der Waals surface area contributed by atoms with Gasteiger partial charge in [-0.2, -0.15) is 5.10 Å². The van der Waals surface area contributed by atoms with Crippen LogP contribution in [0.2, 0.25) is 0 Å². The molecule has 100 valence electrons. The number of hydrogen-bond donors (Lipinski definition) is 1. The Morgan fingerprint density at radius 2 is 2.10 bits per heavy atom. The van der Waals surface area contributed by atoms with Gasteiger partial charge in [0.2, 0.25) is 5.91 Å². The summed E-state index contributed by atoms with van der Waals surface area (Å²) < 4.78 is 2.02. The van der Waals surface area contributed by atoms with E-state index in [4.69, 9.17) is 0 Å². The molecule has 2 aromatic rings. The van der Waals surface area contributed by atoms with Crippen molar-refractivity contribution in [1.82, 2.24) is 9.88 Å². The summed E-state index contributed by atoms with van der Waals surface area (Å²) >= 11 is 1.36. The predicted octanol–water partition coefficient (Wildman–Crippen LogP) is 2.03. The molecule has 0 radical (unpaired) electrons. The second kappa shape index (κ2) is 5.75. The highest BCUT2D eigenvalue weighted by molar-refractivity contribution is 8.15. The normalized spacial score (nSPS) is 17.0. The van der Waals surface area contributed by atoms with Gasteiger partial charge in [0.05, 0.1) is 12.0 Å². The Bertz CT molecular complexity index is 676. The highest BCUT2D eigenvalue weighted by Gasteiger charge is 2.15. The number of aromatic nitrogens is 1. The molecule has 1 aliphatic rings. The molecule has 1 saturated heterocycles. The first kappa shape index (κ1) is 12.7. The van der Waals surface area contributed by atoms with Gasteiger partial charge in [0, 0.05) is 18.1 Å². The van der Waals surface area contributed by atoms with Crippen molar-refractivity contribution in [2.45, 2.75) is 0 Å². The van der Waals surface area contributed by atoms with Gasteiger partial charge in [-0.3, -0.25) is 4.79 Å². The lowest BCUT2D eigenvalue weighted by atomic mass is 10.2. The molecule has 6 heteroatoms. The van der Waals surface area contributed by atoms with Crippen LogP contribution in [-0.2, 0) is 4.79 Å². The van der Waals surface area contributed by atoms with Crippen molar-refractivity contribution < 1.29 is 4.79 Å². The number of nitrogens with zero attached hydrogens (tertiary/aromatic N) is 3. The van der Waals surface area contributed by atoms with Crippen LogP contribution in [0.3, 0.4) is 0 Å². The summed E-state index contributed by atoms with van der Waals surface area (Å²) in [4.78, 5) is 11.0. The number of carbonyl (C=O) groups excluding carboxylic acids is 1. The van der Waals surface area contributed by atoms with Crippen LogP contribution in [0.25, 0.3) is 5.69 Å². The minimum atomic E-state index is -0.0291. The van der Waals surface area contributed by atoms with Gasteiger partial charge < -0.3 is 9.88 Å². The first-order chi connectivity index (χ1) is 9.81. The van der Waals surface area contributed by atoms with Crippen LogP contribution >= 0.6 is 11.8 Å². The number of amides is 1. The third-order valence-corrected chi connectivity index (χ3v) is 3.58. The lowest BCUT2D eigenvalue weighted by Crippen LogP contribution is -2.19. The summed E-state index contributed by atoms with van der Waals surface area (Å²) in [5.41, 5.74) is 2.02. The smallest absolute Gasteiger partial charge is 0.236 e. The van der Waals surface area contributed by atoms with E-state index in [1.165, 1.54) is 11.8 Å². The lowest BCUT2D eigenvalue weighted by molar-refractivity contribution is -0.116. The quantitative estimate of drug-likeness (QED) is 0.692. The molecule has 0 atom stereocenters. The van der Waals surface area contributed by atoms with Crippen molar-refractivity contribution >= 4 is 29.1 Å². The first-order valence-electron chi connectivity index (χ1n) is 6.08. The Morgan fingerprint density at radius 1 is 1.25 bits per heavy atom. The minimum Gasteiger partial charge on any atom is -0.324 e. The summed E-state index contributed by atoms with van der Waals surface area (Å²) in [6.45, 7) is 0. The molecule has 20 heavy (non-hydrogen) atoms. The number of carbonyl (C=O) groups is 1. The van der Waals surface area contributed by atoms with Crippen LogP contribution in [0.1, 0.15) is 5.56 Å². The van der Waals surface area contributed by atoms with E-state index < -0.39 is 0 Å². The molecule has 1 fully saturated rings. The standard InChI is InChI=1S/C14H12N4OS/c19-13-10-20-14(16-13)17-15-9-11-4-3-5-12(8-11)18-6-1-2-7-18/h1-9H,10H2,(H,16,17,19). The molecular weight excluding hydrogens is 272 g/mol. The zero-order valence-corrected chi connectivity index (χ0v) is 11.4. The Kier molecular flexibility index (Phi) is 3.64. The van der Waals surface area contributed by atoms with Gasteiger partial charge in [0.1, 0.15) is 0 Å². The average molecular weight is 284 g/mol. The van der Waals surface area contributed by atoms with Crippen molar-refractivity contribution in [3.8, 4) is 5.69 Å². The molecule has 1 N–H and O–H groups in total. The van der Waals surface area contributed by atoms with Gasteiger partial charge >= 0.3 is 0 Å². The number of amidine groups is 1. The second-order valence-corrected chi connectivity index (χ2v) is 5.14. The molecule has 0 bridgehead atoms. The molecule has 2 heterocycles. The van der Waals surface area contributed by atoms with E-state index in [1.807, 2.05) is 53.4 Å². The van der Waals surface area contributed by atoms with Gasteiger partial charge in [-0.05, 0) is 29.8 Å². The number of hydrogen-bond acceptors (Lipinski definition) is 4. The number of thioether (sulfide) groups is 1. The van der Waals surface area contributed by atoms with Gasteiger partial charge in [0.25, 0.3) is 0 Å². The largest absolute Gasteiger partial charge is 0.324 e. The average Bonchev–Trinajstić information content (AvgIpc) is 3.11. The molecule has 0 aliphatic carbocycles. The van der Waals surface area contributed by atoms with E-state index in [0.29, 0.717) is 10.9 Å². The molecule has 0 unspecified atom stereocenters. The topological polar surface area (TPSA) is 58.8 Å². The Morgan fingerprint density at radius 3 is 2.85 bits per heavy atom. The third-order valence-electron chi connectivity index (χ3n) is 2.71. The van der Waals surface area contributed by atoms with Crippen LogP contribution in [0.4, 0.5) is 0 Å². The van der Waals surface area contributed by atoms with E-state index in [-0.39, 0.29) is 5.91 Å². The zero-order chi connectivity index (χ0) is 13.8. The van der Waals surface area contributed by atoms with Gasteiger partial charge in [-0.15, -0.1) is 5.10 Å². The molecule has 0 spiro atoms. The molecule has 3 rings (SSSR count). The van der Waals surface area contributed by atoms with E-state index in [1.54, 1.807) is 6.21 Å². The lowest BCUT2D eigenvalue weighted by Gasteiger charge is -2.02. The van der Waals surface area contributed by atoms with Crippen molar-refractivity contribution in [2.24, 2.45) is 10.2 Å². The predicted molar refractivity (Wildman–Crippen MR) is 81.4 cm³/mol. The Labute approximate surface area is 120 Å².